The van der Waals surface area contributed by atoms with Crippen LogP contribution < -0.4 is 0 Å². The maximum atomic E-state index is 12.5. The number of nitro groups is 1. The zero-order valence-electron chi connectivity index (χ0n) is 10.5. The van der Waals surface area contributed by atoms with Crippen LogP contribution in [0.4, 0.5) is 5.69 Å². The van der Waals surface area contributed by atoms with E-state index >= 15 is 0 Å². The standard InChI is InChI=1S/C14H10N2O3S/c1-8-5-6-12(20-8)14(17)9-7-15-10-3-2-4-11(13(9)10)16(18)19/h2-7,15H,1H3. The van der Waals surface area contributed by atoms with Gasteiger partial charge in [-0.1, -0.05) is 6.07 Å². The normalized spacial score (nSPS) is 10.8. The van der Waals surface area contributed by atoms with E-state index in [2.05, 4.69) is 4.98 Å². The van der Waals surface area contributed by atoms with E-state index in [9.17, 15) is 14.9 Å². The number of aromatic nitrogens is 1. The summed E-state index contributed by atoms with van der Waals surface area (Å²) in [7, 11) is 0. The van der Waals surface area contributed by atoms with Gasteiger partial charge >= 0.3 is 0 Å². The Morgan fingerprint density at radius 1 is 1.30 bits per heavy atom. The van der Waals surface area contributed by atoms with Crippen LogP contribution in [0.5, 0.6) is 0 Å². The van der Waals surface area contributed by atoms with Gasteiger partial charge in [0.05, 0.1) is 26.3 Å². The number of fused-ring (bicyclic) bond motifs is 1. The molecule has 0 saturated heterocycles. The van der Waals surface area contributed by atoms with E-state index in [0.29, 0.717) is 21.3 Å². The summed E-state index contributed by atoms with van der Waals surface area (Å²) in [6.07, 6.45) is 1.54. The highest BCUT2D eigenvalue weighted by Gasteiger charge is 2.22. The number of nitrogens with one attached hydrogen (secondary N) is 1. The molecule has 5 nitrogen and oxygen atoms in total. The van der Waals surface area contributed by atoms with Gasteiger partial charge in [0.2, 0.25) is 5.78 Å². The number of aryl methyl sites for hydroxylation is 1. The monoisotopic (exact) mass is 286 g/mol. The molecule has 20 heavy (non-hydrogen) atoms. The van der Waals surface area contributed by atoms with Gasteiger partial charge in [-0.15, -0.1) is 11.3 Å². The number of hydrogen-bond donors (Lipinski definition) is 1. The second-order valence-electron chi connectivity index (χ2n) is 4.40. The Balaban J connectivity index is 2.22. The van der Waals surface area contributed by atoms with E-state index in [1.54, 1.807) is 18.2 Å². The number of aromatic amines is 1. The van der Waals surface area contributed by atoms with Gasteiger partial charge in [0.25, 0.3) is 5.69 Å². The molecule has 2 heterocycles. The number of ketones is 1. The van der Waals surface area contributed by atoms with Crippen molar-refractivity contribution in [2.45, 2.75) is 6.92 Å². The van der Waals surface area contributed by atoms with Crippen LogP contribution in [0, 0.1) is 17.0 Å². The van der Waals surface area contributed by atoms with Gasteiger partial charge in [-0.05, 0) is 25.1 Å². The highest BCUT2D eigenvalue weighted by atomic mass is 32.1. The third-order valence-electron chi connectivity index (χ3n) is 3.09. The molecule has 1 N–H and O–H groups in total. The first-order valence-corrected chi connectivity index (χ1v) is 6.75. The number of H-pyrrole nitrogens is 1. The minimum Gasteiger partial charge on any atom is -0.360 e. The van der Waals surface area contributed by atoms with Crippen molar-refractivity contribution in [1.29, 1.82) is 0 Å². The lowest BCUT2D eigenvalue weighted by atomic mass is 10.1. The Morgan fingerprint density at radius 3 is 2.75 bits per heavy atom. The molecule has 2 aromatic heterocycles. The van der Waals surface area contributed by atoms with Crippen molar-refractivity contribution < 1.29 is 9.72 Å². The second-order valence-corrected chi connectivity index (χ2v) is 5.69. The highest BCUT2D eigenvalue weighted by molar-refractivity contribution is 7.14. The third-order valence-corrected chi connectivity index (χ3v) is 4.09. The van der Waals surface area contributed by atoms with Crippen LogP contribution >= 0.6 is 11.3 Å². The second kappa shape index (κ2) is 4.57. The smallest absolute Gasteiger partial charge is 0.279 e. The number of hydrogen-bond acceptors (Lipinski definition) is 4. The van der Waals surface area contributed by atoms with Crippen molar-refractivity contribution in [3.63, 3.8) is 0 Å². The quantitative estimate of drug-likeness (QED) is 0.453. The molecule has 3 rings (SSSR count). The average Bonchev–Trinajstić information content (AvgIpc) is 3.03. The Labute approximate surface area is 118 Å². The highest BCUT2D eigenvalue weighted by Crippen LogP contribution is 2.31. The van der Waals surface area contributed by atoms with Crippen molar-refractivity contribution in [3.05, 3.63) is 62.0 Å². The fourth-order valence-corrected chi connectivity index (χ4v) is 3.01. The predicted molar refractivity (Wildman–Crippen MR) is 77.4 cm³/mol. The zero-order valence-corrected chi connectivity index (χ0v) is 11.4. The van der Waals surface area contributed by atoms with Gasteiger partial charge in [0, 0.05) is 17.1 Å². The summed E-state index contributed by atoms with van der Waals surface area (Å²) in [5, 5.41) is 11.5. The average molecular weight is 286 g/mol. The lowest BCUT2D eigenvalue weighted by Gasteiger charge is -1.98. The summed E-state index contributed by atoms with van der Waals surface area (Å²) < 4.78 is 0. The molecule has 0 saturated carbocycles. The van der Waals surface area contributed by atoms with Crippen molar-refractivity contribution >= 4 is 33.7 Å². The van der Waals surface area contributed by atoms with Crippen LogP contribution in [0.15, 0.2) is 36.5 Å². The van der Waals surface area contributed by atoms with Crippen LogP contribution in [0.3, 0.4) is 0 Å². The fraction of sp³-hybridized carbons (Fsp3) is 0.0714. The van der Waals surface area contributed by atoms with Crippen molar-refractivity contribution in [3.8, 4) is 0 Å². The fourth-order valence-electron chi connectivity index (χ4n) is 2.19. The van der Waals surface area contributed by atoms with Crippen molar-refractivity contribution in [2.24, 2.45) is 0 Å². The van der Waals surface area contributed by atoms with Gasteiger partial charge < -0.3 is 4.98 Å². The number of nitrogens with zero attached hydrogens (tertiary/aromatic N) is 1. The molecule has 100 valence electrons. The maximum absolute atomic E-state index is 12.5. The molecule has 6 heteroatoms. The summed E-state index contributed by atoms with van der Waals surface area (Å²) in [5.41, 5.74) is 0.880. The van der Waals surface area contributed by atoms with Crippen molar-refractivity contribution in [2.75, 3.05) is 0 Å². The number of benzene rings is 1. The van der Waals surface area contributed by atoms with Gasteiger partial charge in [0.15, 0.2) is 0 Å². The van der Waals surface area contributed by atoms with Gasteiger partial charge in [0.1, 0.15) is 0 Å². The molecule has 3 aromatic rings. The number of carbonyl (C=O) groups is 1. The summed E-state index contributed by atoms with van der Waals surface area (Å²) in [6, 6.07) is 8.34. The molecule has 0 aliphatic rings. The minimum absolute atomic E-state index is 0.0552. The number of non-ortho nitro benzene ring substituents is 1. The summed E-state index contributed by atoms with van der Waals surface area (Å²) in [5.74, 6) is -0.191. The Kier molecular flexibility index (Phi) is 2.87. The van der Waals surface area contributed by atoms with Gasteiger partial charge in [-0.2, -0.15) is 0 Å². The summed E-state index contributed by atoms with van der Waals surface area (Å²) in [4.78, 5) is 27.7. The third kappa shape index (κ3) is 1.90. The van der Waals surface area contributed by atoms with E-state index in [0.717, 1.165) is 4.88 Å². The molecular weight excluding hydrogens is 276 g/mol. The largest absolute Gasteiger partial charge is 0.360 e. The SMILES string of the molecule is Cc1ccc(C(=O)c2c[nH]c3cccc([N+](=O)[O-])c23)s1. The first-order chi connectivity index (χ1) is 9.58. The molecular formula is C14H10N2O3S. The van der Waals surface area contributed by atoms with Crippen LogP contribution in [0.2, 0.25) is 0 Å². The van der Waals surface area contributed by atoms with E-state index in [1.807, 2.05) is 13.0 Å². The first-order valence-electron chi connectivity index (χ1n) is 5.93. The molecule has 0 atom stereocenters. The summed E-state index contributed by atoms with van der Waals surface area (Å²) >= 11 is 1.38. The molecule has 0 spiro atoms. The van der Waals surface area contributed by atoms with E-state index in [1.165, 1.54) is 23.6 Å². The maximum Gasteiger partial charge on any atom is 0.279 e. The first kappa shape index (κ1) is 12.6. The molecule has 0 fully saturated rings. The number of nitro benzene ring substituents is 1. The molecule has 0 aliphatic heterocycles. The van der Waals surface area contributed by atoms with Gasteiger partial charge in [-0.3, -0.25) is 14.9 Å². The Hall–Kier alpha value is -2.47. The van der Waals surface area contributed by atoms with Crippen molar-refractivity contribution in [1.82, 2.24) is 4.98 Å². The Bertz CT molecular complexity index is 832. The predicted octanol–water partition coefficient (Wildman–Crippen LogP) is 3.68. The zero-order chi connectivity index (χ0) is 14.3. The summed E-state index contributed by atoms with van der Waals surface area (Å²) in [6.45, 7) is 1.92. The van der Waals surface area contributed by atoms with Crippen LogP contribution in [-0.2, 0) is 0 Å². The molecule has 0 amide bonds. The molecule has 0 unspecified atom stereocenters. The van der Waals surface area contributed by atoms with Gasteiger partial charge in [-0.25, -0.2) is 0 Å². The lowest BCUT2D eigenvalue weighted by molar-refractivity contribution is -0.383. The number of rotatable bonds is 3. The number of carbonyl (C=O) groups excluding carboxylic acids is 1. The van der Waals surface area contributed by atoms with E-state index in [-0.39, 0.29) is 11.5 Å². The minimum atomic E-state index is -0.466. The van der Waals surface area contributed by atoms with E-state index in [4.69, 9.17) is 0 Å². The number of thiophene rings is 1. The topological polar surface area (TPSA) is 76.0 Å². The van der Waals surface area contributed by atoms with Crippen LogP contribution in [0.25, 0.3) is 10.9 Å². The van der Waals surface area contributed by atoms with Crippen LogP contribution in [0.1, 0.15) is 20.1 Å². The Morgan fingerprint density at radius 2 is 2.10 bits per heavy atom. The molecule has 1 aromatic carbocycles. The lowest BCUT2D eigenvalue weighted by Crippen LogP contribution is -1.99. The molecule has 0 bridgehead atoms. The molecule has 0 radical (unpaired) electrons. The van der Waals surface area contributed by atoms with E-state index < -0.39 is 4.92 Å². The van der Waals surface area contributed by atoms with Crippen LogP contribution in [-0.4, -0.2) is 15.7 Å². The molecule has 0 aliphatic carbocycles.